The molecule has 3 aromatic carbocycles. The molecule has 0 saturated heterocycles. The quantitative estimate of drug-likeness (QED) is 0.354. The molecule has 2 heterocycles. The Labute approximate surface area is 163 Å². The predicted octanol–water partition coefficient (Wildman–Crippen LogP) is 6.80. The van der Waals surface area contributed by atoms with Gasteiger partial charge in [-0.25, -0.2) is 0 Å². The predicted molar refractivity (Wildman–Crippen MR) is 115 cm³/mol. The molecule has 28 heavy (non-hydrogen) atoms. The van der Waals surface area contributed by atoms with Gasteiger partial charge in [0.2, 0.25) is 0 Å². The molecule has 2 aromatic heterocycles. The summed E-state index contributed by atoms with van der Waals surface area (Å²) in [4.78, 5) is 4.58. The standard InChI is InChI=1S/C25H21NO2/c1-25(2,3)16-10-11-26-22(12-16)21-14-17(27)13-20-19-9-8-15-6-4-5-7-18(15)23(19)28-24(20)21/h4-14,27H,1-3H3. The highest BCUT2D eigenvalue weighted by atomic mass is 16.3. The lowest BCUT2D eigenvalue weighted by Gasteiger charge is -2.19. The van der Waals surface area contributed by atoms with Gasteiger partial charge in [0.05, 0.1) is 5.69 Å². The summed E-state index contributed by atoms with van der Waals surface area (Å²) in [7, 11) is 0. The zero-order chi connectivity index (χ0) is 19.5. The molecule has 0 bridgehead atoms. The normalized spacial score (nSPS) is 12.2. The first-order chi connectivity index (χ1) is 13.4. The molecule has 0 spiro atoms. The van der Waals surface area contributed by atoms with Crippen molar-refractivity contribution in [3.05, 3.63) is 72.4 Å². The van der Waals surface area contributed by atoms with Crippen LogP contribution in [0.1, 0.15) is 26.3 Å². The number of fused-ring (bicyclic) bond motifs is 5. The fourth-order valence-electron chi connectivity index (χ4n) is 3.83. The third-order valence-corrected chi connectivity index (χ3v) is 5.35. The highest BCUT2D eigenvalue weighted by molar-refractivity contribution is 6.17. The highest BCUT2D eigenvalue weighted by Gasteiger charge is 2.19. The molecule has 0 saturated carbocycles. The number of aromatic nitrogens is 1. The van der Waals surface area contributed by atoms with Gasteiger partial charge in [0.25, 0.3) is 0 Å². The number of hydrogen-bond donors (Lipinski definition) is 1. The number of hydrogen-bond acceptors (Lipinski definition) is 3. The average Bonchev–Trinajstić information content (AvgIpc) is 3.06. The van der Waals surface area contributed by atoms with E-state index in [-0.39, 0.29) is 11.2 Å². The number of phenolic OH excluding ortho intramolecular Hbond substituents is 1. The molecule has 0 aliphatic rings. The van der Waals surface area contributed by atoms with Crippen molar-refractivity contribution < 1.29 is 9.52 Å². The van der Waals surface area contributed by atoms with E-state index in [9.17, 15) is 5.11 Å². The SMILES string of the molecule is CC(C)(C)c1ccnc(-c2cc(O)cc3c2oc2c4ccccc4ccc32)c1. The van der Waals surface area contributed by atoms with Crippen LogP contribution in [0.5, 0.6) is 5.75 Å². The van der Waals surface area contributed by atoms with Crippen LogP contribution < -0.4 is 0 Å². The van der Waals surface area contributed by atoms with E-state index in [0.29, 0.717) is 0 Å². The van der Waals surface area contributed by atoms with Gasteiger partial charge < -0.3 is 9.52 Å². The Kier molecular flexibility index (Phi) is 3.50. The van der Waals surface area contributed by atoms with Gasteiger partial charge in [-0.2, -0.15) is 0 Å². The van der Waals surface area contributed by atoms with Crippen LogP contribution in [0.2, 0.25) is 0 Å². The van der Waals surface area contributed by atoms with Crippen LogP contribution in [0.25, 0.3) is 44.0 Å². The largest absolute Gasteiger partial charge is 0.508 e. The number of furan rings is 1. The van der Waals surface area contributed by atoms with Crippen LogP contribution in [-0.2, 0) is 5.41 Å². The molecule has 0 atom stereocenters. The average molecular weight is 367 g/mol. The van der Waals surface area contributed by atoms with E-state index in [2.05, 4.69) is 56.1 Å². The summed E-state index contributed by atoms with van der Waals surface area (Å²) in [6.45, 7) is 6.53. The Hall–Kier alpha value is -3.33. The molecule has 0 aliphatic carbocycles. The molecule has 0 radical (unpaired) electrons. The van der Waals surface area contributed by atoms with Gasteiger partial charge >= 0.3 is 0 Å². The summed E-state index contributed by atoms with van der Waals surface area (Å²) < 4.78 is 6.38. The van der Waals surface area contributed by atoms with Gasteiger partial charge in [-0.3, -0.25) is 4.98 Å². The fourth-order valence-corrected chi connectivity index (χ4v) is 3.83. The summed E-state index contributed by atoms with van der Waals surface area (Å²) >= 11 is 0. The number of pyridine rings is 1. The number of rotatable bonds is 1. The van der Waals surface area contributed by atoms with E-state index < -0.39 is 0 Å². The van der Waals surface area contributed by atoms with Gasteiger partial charge in [-0.1, -0.05) is 51.1 Å². The molecule has 3 heteroatoms. The lowest BCUT2D eigenvalue weighted by Crippen LogP contribution is -2.11. The maximum Gasteiger partial charge on any atom is 0.145 e. The molecular formula is C25H21NO2. The van der Waals surface area contributed by atoms with Crippen molar-refractivity contribution in [2.24, 2.45) is 0 Å². The smallest absolute Gasteiger partial charge is 0.145 e. The third kappa shape index (κ3) is 2.55. The molecule has 5 rings (SSSR count). The Morgan fingerprint density at radius 1 is 0.821 bits per heavy atom. The molecule has 0 aliphatic heterocycles. The second-order valence-corrected chi connectivity index (χ2v) is 8.32. The van der Waals surface area contributed by atoms with Crippen LogP contribution in [0.3, 0.4) is 0 Å². The van der Waals surface area contributed by atoms with Gasteiger partial charge in [0.15, 0.2) is 0 Å². The lowest BCUT2D eigenvalue weighted by molar-refractivity contribution is 0.476. The Balaban J connectivity index is 1.86. The topological polar surface area (TPSA) is 46.3 Å². The summed E-state index contributed by atoms with van der Waals surface area (Å²) in [6, 6.07) is 20.0. The fraction of sp³-hybridized carbons (Fsp3) is 0.160. The molecule has 138 valence electrons. The number of benzene rings is 3. The number of phenols is 1. The van der Waals surface area contributed by atoms with Crippen molar-refractivity contribution in [2.45, 2.75) is 26.2 Å². The third-order valence-electron chi connectivity index (χ3n) is 5.35. The molecule has 0 fully saturated rings. The summed E-state index contributed by atoms with van der Waals surface area (Å²) in [5, 5.41) is 14.5. The lowest BCUT2D eigenvalue weighted by atomic mass is 9.87. The van der Waals surface area contributed by atoms with E-state index in [4.69, 9.17) is 4.42 Å². The number of nitrogens with zero attached hydrogens (tertiary/aromatic N) is 1. The van der Waals surface area contributed by atoms with E-state index >= 15 is 0 Å². The van der Waals surface area contributed by atoms with Gasteiger partial charge in [0, 0.05) is 27.9 Å². The van der Waals surface area contributed by atoms with Gasteiger partial charge in [-0.15, -0.1) is 0 Å². The minimum Gasteiger partial charge on any atom is -0.508 e. The molecule has 1 N–H and O–H groups in total. The van der Waals surface area contributed by atoms with Gasteiger partial charge in [0.1, 0.15) is 16.9 Å². The molecule has 0 unspecified atom stereocenters. The molecule has 3 nitrogen and oxygen atoms in total. The maximum absolute atomic E-state index is 10.4. The van der Waals surface area contributed by atoms with Crippen LogP contribution in [0, 0.1) is 0 Å². The van der Waals surface area contributed by atoms with E-state index in [1.807, 2.05) is 24.4 Å². The second-order valence-electron chi connectivity index (χ2n) is 8.32. The summed E-state index contributed by atoms with van der Waals surface area (Å²) in [5.41, 5.74) is 4.40. The van der Waals surface area contributed by atoms with Crippen molar-refractivity contribution in [3.8, 4) is 17.0 Å². The van der Waals surface area contributed by atoms with E-state index in [1.54, 1.807) is 12.1 Å². The van der Waals surface area contributed by atoms with E-state index in [1.165, 1.54) is 5.56 Å². The van der Waals surface area contributed by atoms with Crippen molar-refractivity contribution >= 4 is 32.7 Å². The van der Waals surface area contributed by atoms with Crippen molar-refractivity contribution in [3.63, 3.8) is 0 Å². The van der Waals surface area contributed by atoms with E-state index in [0.717, 1.165) is 44.0 Å². The Morgan fingerprint density at radius 2 is 1.64 bits per heavy atom. The molecular weight excluding hydrogens is 346 g/mol. The van der Waals surface area contributed by atoms with Crippen LogP contribution in [-0.4, -0.2) is 10.1 Å². The minimum atomic E-state index is 0.0116. The number of aromatic hydroxyl groups is 1. The van der Waals surface area contributed by atoms with Crippen molar-refractivity contribution in [1.29, 1.82) is 0 Å². The molecule has 5 aromatic rings. The van der Waals surface area contributed by atoms with Crippen LogP contribution in [0.15, 0.2) is 71.3 Å². The zero-order valence-electron chi connectivity index (χ0n) is 16.2. The van der Waals surface area contributed by atoms with Crippen molar-refractivity contribution in [2.75, 3.05) is 0 Å². The maximum atomic E-state index is 10.4. The summed E-state index contributed by atoms with van der Waals surface area (Å²) in [6.07, 6.45) is 1.82. The van der Waals surface area contributed by atoms with Gasteiger partial charge in [-0.05, 0) is 46.7 Å². The van der Waals surface area contributed by atoms with Crippen LogP contribution in [0.4, 0.5) is 0 Å². The zero-order valence-corrected chi connectivity index (χ0v) is 16.2. The highest BCUT2D eigenvalue weighted by Crippen LogP contribution is 2.41. The molecule has 0 amide bonds. The second kappa shape index (κ2) is 5.83. The van der Waals surface area contributed by atoms with Crippen LogP contribution >= 0.6 is 0 Å². The monoisotopic (exact) mass is 367 g/mol. The Bertz CT molecular complexity index is 1360. The Morgan fingerprint density at radius 3 is 2.46 bits per heavy atom. The first-order valence-electron chi connectivity index (χ1n) is 9.46. The first-order valence-corrected chi connectivity index (χ1v) is 9.46. The summed E-state index contributed by atoms with van der Waals surface area (Å²) in [5.74, 6) is 0.210. The minimum absolute atomic E-state index is 0.0116. The van der Waals surface area contributed by atoms with Crippen molar-refractivity contribution in [1.82, 2.24) is 4.98 Å². The first kappa shape index (κ1) is 16.8.